The van der Waals surface area contributed by atoms with Gasteiger partial charge in [-0.05, 0) is 18.2 Å². The quantitative estimate of drug-likeness (QED) is 0.846. The summed E-state index contributed by atoms with van der Waals surface area (Å²) in [5, 5.41) is 0.325. The number of anilines is 1. The number of hydrogen-bond donors (Lipinski definition) is 1. The lowest BCUT2D eigenvalue weighted by molar-refractivity contribution is 0.0988. The van der Waals surface area contributed by atoms with Crippen molar-refractivity contribution >= 4 is 33.1 Å². The van der Waals surface area contributed by atoms with Gasteiger partial charge in [-0.15, -0.1) is 0 Å². The van der Waals surface area contributed by atoms with E-state index in [1.54, 1.807) is 6.92 Å². The van der Waals surface area contributed by atoms with Gasteiger partial charge in [-0.1, -0.05) is 18.5 Å². The first-order chi connectivity index (χ1) is 7.33. The summed E-state index contributed by atoms with van der Waals surface area (Å²) in [7, 11) is -3.34. The number of hydrogen-bond acceptors (Lipinski definition) is 3. The van der Waals surface area contributed by atoms with E-state index in [-0.39, 0.29) is 5.78 Å². The van der Waals surface area contributed by atoms with Gasteiger partial charge in [0.15, 0.2) is 5.78 Å². The van der Waals surface area contributed by atoms with Crippen molar-refractivity contribution in [2.45, 2.75) is 13.3 Å². The van der Waals surface area contributed by atoms with Crippen molar-refractivity contribution in [3.63, 3.8) is 0 Å². The molecule has 0 saturated heterocycles. The van der Waals surface area contributed by atoms with E-state index < -0.39 is 10.0 Å². The molecule has 1 rings (SSSR count). The minimum Gasteiger partial charge on any atom is -0.294 e. The SMILES string of the molecule is CCC(=O)c1cc(NS(C)(=O)=O)ccc1Cl. The summed E-state index contributed by atoms with van der Waals surface area (Å²) in [4.78, 5) is 11.5. The predicted octanol–water partition coefficient (Wildman–Crippen LogP) is 2.30. The van der Waals surface area contributed by atoms with Crippen LogP contribution in [0.1, 0.15) is 23.7 Å². The van der Waals surface area contributed by atoms with Crippen LogP contribution in [0.15, 0.2) is 18.2 Å². The van der Waals surface area contributed by atoms with Crippen LogP contribution in [-0.4, -0.2) is 20.5 Å². The molecular formula is C10H12ClNO3S. The highest BCUT2D eigenvalue weighted by Gasteiger charge is 2.10. The fourth-order valence-electron chi connectivity index (χ4n) is 1.21. The number of benzene rings is 1. The van der Waals surface area contributed by atoms with Crippen molar-refractivity contribution in [2.75, 3.05) is 11.0 Å². The monoisotopic (exact) mass is 261 g/mol. The molecule has 0 spiro atoms. The molecule has 6 heteroatoms. The molecule has 1 aromatic rings. The van der Waals surface area contributed by atoms with E-state index in [1.165, 1.54) is 18.2 Å². The van der Waals surface area contributed by atoms with Crippen LogP contribution in [0.25, 0.3) is 0 Å². The van der Waals surface area contributed by atoms with Crippen LogP contribution in [-0.2, 0) is 10.0 Å². The van der Waals surface area contributed by atoms with E-state index in [9.17, 15) is 13.2 Å². The summed E-state index contributed by atoms with van der Waals surface area (Å²) in [5.74, 6) is -0.123. The zero-order valence-corrected chi connectivity index (χ0v) is 10.5. The first-order valence-corrected chi connectivity index (χ1v) is 6.91. The highest BCUT2D eigenvalue weighted by Crippen LogP contribution is 2.22. The molecule has 0 heterocycles. The van der Waals surface area contributed by atoms with E-state index in [4.69, 9.17) is 11.6 Å². The number of rotatable bonds is 4. The molecule has 0 unspecified atom stereocenters. The lowest BCUT2D eigenvalue weighted by Gasteiger charge is -2.07. The standard InChI is InChI=1S/C10H12ClNO3S/c1-3-10(13)8-6-7(4-5-9(8)11)12-16(2,14)15/h4-6,12H,3H2,1-2H3. The third kappa shape index (κ3) is 3.50. The van der Waals surface area contributed by atoms with Crippen molar-refractivity contribution in [2.24, 2.45) is 0 Å². The van der Waals surface area contributed by atoms with Crippen molar-refractivity contribution in [1.82, 2.24) is 0 Å². The Hall–Kier alpha value is -1.07. The second-order valence-corrected chi connectivity index (χ2v) is 5.50. The third-order valence-corrected chi connectivity index (χ3v) is 2.83. The van der Waals surface area contributed by atoms with Crippen LogP contribution in [0.3, 0.4) is 0 Å². The fourth-order valence-corrected chi connectivity index (χ4v) is 1.99. The molecule has 0 aromatic heterocycles. The molecule has 0 fully saturated rings. The number of carbonyl (C=O) groups excluding carboxylic acids is 1. The van der Waals surface area contributed by atoms with Crippen molar-refractivity contribution in [3.8, 4) is 0 Å². The van der Waals surface area contributed by atoms with Crippen molar-refractivity contribution < 1.29 is 13.2 Å². The van der Waals surface area contributed by atoms with Crippen molar-refractivity contribution in [3.05, 3.63) is 28.8 Å². The first-order valence-electron chi connectivity index (χ1n) is 4.64. The molecule has 0 amide bonds. The van der Waals surface area contributed by atoms with Gasteiger partial charge in [0.05, 0.1) is 11.3 Å². The third-order valence-electron chi connectivity index (χ3n) is 1.89. The number of halogens is 1. The average molecular weight is 262 g/mol. The van der Waals surface area contributed by atoms with Crippen LogP contribution in [0, 0.1) is 0 Å². The molecule has 4 nitrogen and oxygen atoms in total. The zero-order valence-electron chi connectivity index (χ0n) is 8.95. The molecule has 88 valence electrons. The van der Waals surface area contributed by atoms with E-state index in [0.717, 1.165) is 6.26 Å². The van der Waals surface area contributed by atoms with Crippen LogP contribution in [0.4, 0.5) is 5.69 Å². The Bertz CT molecular complexity index is 511. The highest BCUT2D eigenvalue weighted by molar-refractivity contribution is 7.92. The molecule has 0 saturated carbocycles. The second kappa shape index (κ2) is 4.84. The number of carbonyl (C=O) groups is 1. The predicted molar refractivity (Wildman–Crippen MR) is 64.5 cm³/mol. The number of Topliss-reactive ketones (excluding diaryl/α,β-unsaturated/α-hetero) is 1. The average Bonchev–Trinajstić information content (AvgIpc) is 2.18. The minimum atomic E-state index is -3.34. The molecule has 1 N–H and O–H groups in total. The maximum Gasteiger partial charge on any atom is 0.229 e. The van der Waals surface area contributed by atoms with Gasteiger partial charge < -0.3 is 0 Å². The molecule has 0 bridgehead atoms. The van der Waals surface area contributed by atoms with Gasteiger partial charge in [-0.25, -0.2) is 8.42 Å². The number of nitrogens with one attached hydrogen (secondary N) is 1. The first kappa shape index (κ1) is 13.0. The zero-order chi connectivity index (χ0) is 12.3. The minimum absolute atomic E-state index is 0.123. The lowest BCUT2D eigenvalue weighted by atomic mass is 10.1. The van der Waals surface area contributed by atoms with E-state index >= 15 is 0 Å². The Balaban J connectivity index is 3.12. The molecule has 0 atom stereocenters. The van der Waals surface area contributed by atoms with Gasteiger partial charge in [-0.2, -0.15) is 0 Å². The van der Waals surface area contributed by atoms with Crippen LogP contribution in [0.2, 0.25) is 5.02 Å². The Kier molecular flexibility index (Phi) is 3.93. The van der Waals surface area contributed by atoms with Crippen LogP contribution >= 0.6 is 11.6 Å². The smallest absolute Gasteiger partial charge is 0.229 e. The number of ketones is 1. The van der Waals surface area contributed by atoms with E-state index in [0.29, 0.717) is 22.7 Å². The summed E-state index contributed by atoms with van der Waals surface area (Å²) in [6.07, 6.45) is 1.37. The topological polar surface area (TPSA) is 63.2 Å². The summed E-state index contributed by atoms with van der Waals surface area (Å²) in [6.45, 7) is 1.72. The van der Waals surface area contributed by atoms with Crippen LogP contribution < -0.4 is 4.72 Å². The fraction of sp³-hybridized carbons (Fsp3) is 0.300. The summed E-state index contributed by atoms with van der Waals surface area (Å²) in [6, 6.07) is 4.45. The summed E-state index contributed by atoms with van der Waals surface area (Å²) >= 11 is 5.84. The van der Waals surface area contributed by atoms with Gasteiger partial charge in [-0.3, -0.25) is 9.52 Å². The molecule has 16 heavy (non-hydrogen) atoms. The Morgan fingerprint density at radius 3 is 2.56 bits per heavy atom. The molecular weight excluding hydrogens is 250 g/mol. The Morgan fingerprint density at radius 1 is 1.44 bits per heavy atom. The van der Waals surface area contributed by atoms with E-state index in [1.807, 2.05) is 0 Å². The molecule has 1 aromatic carbocycles. The number of sulfonamides is 1. The normalized spacial score (nSPS) is 11.2. The largest absolute Gasteiger partial charge is 0.294 e. The Morgan fingerprint density at radius 2 is 2.06 bits per heavy atom. The second-order valence-electron chi connectivity index (χ2n) is 3.35. The molecule has 0 aliphatic rings. The van der Waals surface area contributed by atoms with Gasteiger partial charge in [0.2, 0.25) is 10.0 Å². The maximum atomic E-state index is 11.5. The molecule has 0 aliphatic carbocycles. The van der Waals surface area contributed by atoms with Gasteiger partial charge in [0.25, 0.3) is 0 Å². The summed E-state index contributed by atoms with van der Waals surface area (Å²) in [5.41, 5.74) is 0.668. The van der Waals surface area contributed by atoms with Gasteiger partial charge >= 0.3 is 0 Å². The Labute approximate surface area is 99.7 Å². The lowest BCUT2D eigenvalue weighted by Crippen LogP contribution is -2.10. The highest BCUT2D eigenvalue weighted by atomic mass is 35.5. The van der Waals surface area contributed by atoms with Gasteiger partial charge in [0, 0.05) is 17.7 Å². The summed E-state index contributed by atoms with van der Waals surface area (Å²) < 4.78 is 24.3. The van der Waals surface area contributed by atoms with Gasteiger partial charge in [0.1, 0.15) is 0 Å². The molecule has 0 aliphatic heterocycles. The molecule has 0 radical (unpaired) electrons. The van der Waals surface area contributed by atoms with Crippen LogP contribution in [0.5, 0.6) is 0 Å². The van der Waals surface area contributed by atoms with E-state index in [2.05, 4.69) is 4.72 Å². The maximum absolute atomic E-state index is 11.5. The van der Waals surface area contributed by atoms with Crippen molar-refractivity contribution in [1.29, 1.82) is 0 Å².